The molecular formula is C9H16N6. The second kappa shape index (κ2) is 3.44. The molecule has 2 atom stereocenters. The smallest absolute Gasteiger partial charge is 0.242 e. The molecular weight excluding hydrogens is 192 g/mol. The lowest BCUT2D eigenvalue weighted by Gasteiger charge is -2.20. The van der Waals surface area contributed by atoms with Crippen molar-refractivity contribution < 1.29 is 0 Å². The lowest BCUT2D eigenvalue weighted by molar-refractivity contribution is 0.318. The highest BCUT2D eigenvalue weighted by atomic mass is 15.6. The van der Waals surface area contributed by atoms with E-state index in [2.05, 4.69) is 25.7 Å². The first-order valence-corrected chi connectivity index (χ1v) is 5.57. The Labute approximate surface area is 88.6 Å². The minimum Gasteiger partial charge on any atom is -0.349 e. The Hall–Kier alpha value is -1.17. The van der Waals surface area contributed by atoms with Crippen LogP contribution in [0.25, 0.3) is 0 Å². The summed E-state index contributed by atoms with van der Waals surface area (Å²) in [6.45, 7) is 2.48. The Morgan fingerprint density at radius 1 is 1.33 bits per heavy atom. The van der Waals surface area contributed by atoms with Gasteiger partial charge in [-0.15, -0.1) is 0 Å². The van der Waals surface area contributed by atoms with Crippen molar-refractivity contribution in [3.63, 3.8) is 0 Å². The zero-order valence-electron chi connectivity index (χ0n) is 8.93. The zero-order valence-corrected chi connectivity index (χ0v) is 8.93. The Bertz CT molecular complexity index is 348. The molecule has 2 aliphatic heterocycles. The molecule has 82 valence electrons. The van der Waals surface area contributed by atoms with Crippen molar-refractivity contribution >= 4 is 5.95 Å². The van der Waals surface area contributed by atoms with Crippen LogP contribution in [0.4, 0.5) is 5.95 Å². The first-order chi connectivity index (χ1) is 7.34. The number of tetrazole rings is 1. The normalized spacial score (nSPS) is 30.7. The number of hydrogen-bond acceptors (Lipinski definition) is 5. The van der Waals surface area contributed by atoms with Gasteiger partial charge < -0.3 is 5.32 Å². The predicted molar refractivity (Wildman–Crippen MR) is 55.4 cm³/mol. The fraction of sp³-hybridized carbons (Fsp3) is 0.889. The fourth-order valence-corrected chi connectivity index (χ4v) is 2.77. The summed E-state index contributed by atoms with van der Waals surface area (Å²) in [5.41, 5.74) is 0. The van der Waals surface area contributed by atoms with Gasteiger partial charge in [0.2, 0.25) is 5.95 Å². The molecule has 0 amide bonds. The monoisotopic (exact) mass is 208 g/mol. The molecule has 0 aromatic carbocycles. The van der Waals surface area contributed by atoms with Gasteiger partial charge in [-0.05, 0) is 36.2 Å². The fourth-order valence-electron chi connectivity index (χ4n) is 2.77. The Kier molecular flexibility index (Phi) is 2.09. The summed E-state index contributed by atoms with van der Waals surface area (Å²) in [4.78, 5) is 2.57. The quantitative estimate of drug-likeness (QED) is 0.733. The van der Waals surface area contributed by atoms with E-state index in [0.717, 1.165) is 5.95 Å². The van der Waals surface area contributed by atoms with Crippen molar-refractivity contribution in [3.05, 3.63) is 0 Å². The van der Waals surface area contributed by atoms with Crippen molar-refractivity contribution in [2.75, 3.05) is 18.4 Å². The summed E-state index contributed by atoms with van der Waals surface area (Å²) < 4.78 is 1.69. The second-order valence-electron chi connectivity index (χ2n) is 4.41. The molecule has 6 nitrogen and oxygen atoms in total. The van der Waals surface area contributed by atoms with Crippen LogP contribution >= 0.6 is 0 Å². The van der Waals surface area contributed by atoms with Gasteiger partial charge in [0, 0.05) is 25.7 Å². The third kappa shape index (κ3) is 1.49. The van der Waals surface area contributed by atoms with E-state index in [4.69, 9.17) is 0 Å². The molecule has 0 radical (unpaired) electrons. The van der Waals surface area contributed by atoms with E-state index >= 15 is 0 Å². The van der Waals surface area contributed by atoms with Gasteiger partial charge in [0.15, 0.2) is 0 Å². The zero-order chi connectivity index (χ0) is 10.3. The molecule has 2 saturated heterocycles. The summed E-state index contributed by atoms with van der Waals surface area (Å²) in [7, 11) is 1.86. The number of nitrogens with zero attached hydrogens (tertiary/aromatic N) is 5. The standard InChI is InChI=1S/C9H16N6/c1-14-9(11-12-13-14)10-7-4-6-15-5-2-3-8(7)15/h7-8H,2-6H2,1H3,(H,10,11,13). The highest BCUT2D eigenvalue weighted by molar-refractivity contribution is 5.25. The number of hydrogen-bond donors (Lipinski definition) is 1. The molecule has 1 N–H and O–H groups in total. The average molecular weight is 208 g/mol. The van der Waals surface area contributed by atoms with Crippen LogP contribution in [-0.4, -0.2) is 50.3 Å². The topological polar surface area (TPSA) is 58.9 Å². The summed E-state index contributed by atoms with van der Waals surface area (Å²) in [6, 6.07) is 1.22. The highest BCUT2D eigenvalue weighted by Crippen LogP contribution is 2.29. The minimum absolute atomic E-state index is 0.525. The molecule has 2 fully saturated rings. The van der Waals surface area contributed by atoms with Gasteiger partial charge in [-0.2, -0.15) is 0 Å². The average Bonchev–Trinajstić information content (AvgIpc) is 2.86. The van der Waals surface area contributed by atoms with Crippen LogP contribution in [-0.2, 0) is 7.05 Å². The van der Waals surface area contributed by atoms with Crippen molar-refractivity contribution in [3.8, 4) is 0 Å². The van der Waals surface area contributed by atoms with E-state index in [9.17, 15) is 0 Å². The van der Waals surface area contributed by atoms with Crippen LogP contribution in [0, 0.1) is 0 Å². The van der Waals surface area contributed by atoms with E-state index in [1.807, 2.05) is 7.05 Å². The predicted octanol–water partition coefficient (Wildman–Crippen LogP) is -0.141. The molecule has 0 spiro atoms. The van der Waals surface area contributed by atoms with E-state index in [1.54, 1.807) is 4.68 Å². The minimum atomic E-state index is 0.525. The summed E-state index contributed by atoms with van der Waals surface area (Å²) in [5, 5.41) is 14.9. The van der Waals surface area contributed by atoms with Crippen LogP contribution in [0.1, 0.15) is 19.3 Å². The molecule has 0 bridgehead atoms. The van der Waals surface area contributed by atoms with E-state index in [-0.39, 0.29) is 0 Å². The van der Waals surface area contributed by atoms with Crippen LogP contribution < -0.4 is 5.32 Å². The van der Waals surface area contributed by atoms with Gasteiger partial charge in [-0.25, -0.2) is 4.68 Å². The van der Waals surface area contributed by atoms with Crippen molar-refractivity contribution in [1.82, 2.24) is 25.1 Å². The molecule has 0 saturated carbocycles. The van der Waals surface area contributed by atoms with E-state index < -0.39 is 0 Å². The molecule has 6 heteroatoms. The lowest BCUT2D eigenvalue weighted by Crippen LogP contribution is -2.34. The highest BCUT2D eigenvalue weighted by Gasteiger charge is 2.37. The van der Waals surface area contributed by atoms with E-state index in [1.165, 1.54) is 32.4 Å². The number of anilines is 1. The lowest BCUT2D eigenvalue weighted by atomic mass is 10.1. The Morgan fingerprint density at radius 3 is 3.07 bits per heavy atom. The Morgan fingerprint density at radius 2 is 2.27 bits per heavy atom. The maximum atomic E-state index is 3.97. The molecule has 3 heterocycles. The Balaban J connectivity index is 1.71. The van der Waals surface area contributed by atoms with Crippen molar-refractivity contribution in [1.29, 1.82) is 0 Å². The second-order valence-corrected chi connectivity index (χ2v) is 4.41. The number of aryl methyl sites for hydroxylation is 1. The number of fused-ring (bicyclic) bond motifs is 1. The van der Waals surface area contributed by atoms with Gasteiger partial charge in [0.05, 0.1) is 0 Å². The SMILES string of the molecule is Cn1nnnc1NC1CCN2CCCC12. The largest absolute Gasteiger partial charge is 0.349 e. The van der Waals surface area contributed by atoms with Crippen LogP contribution in [0.15, 0.2) is 0 Å². The first-order valence-electron chi connectivity index (χ1n) is 5.57. The van der Waals surface area contributed by atoms with Gasteiger partial charge >= 0.3 is 0 Å². The third-order valence-corrected chi connectivity index (χ3v) is 3.54. The summed E-state index contributed by atoms with van der Waals surface area (Å²) in [5.74, 6) is 0.786. The number of nitrogens with one attached hydrogen (secondary N) is 1. The molecule has 1 aromatic heterocycles. The van der Waals surface area contributed by atoms with Crippen LogP contribution in [0.2, 0.25) is 0 Å². The van der Waals surface area contributed by atoms with Gasteiger partial charge in [-0.3, -0.25) is 4.90 Å². The van der Waals surface area contributed by atoms with Crippen molar-refractivity contribution in [2.24, 2.45) is 7.05 Å². The van der Waals surface area contributed by atoms with Gasteiger partial charge in [0.25, 0.3) is 0 Å². The van der Waals surface area contributed by atoms with E-state index in [0.29, 0.717) is 12.1 Å². The molecule has 3 rings (SSSR count). The molecule has 2 aliphatic rings. The van der Waals surface area contributed by atoms with Crippen LogP contribution in [0.3, 0.4) is 0 Å². The molecule has 2 unspecified atom stereocenters. The third-order valence-electron chi connectivity index (χ3n) is 3.54. The number of rotatable bonds is 2. The maximum Gasteiger partial charge on any atom is 0.242 e. The summed E-state index contributed by atoms with van der Waals surface area (Å²) in [6.07, 6.45) is 3.85. The maximum absolute atomic E-state index is 3.97. The molecule has 15 heavy (non-hydrogen) atoms. The number of aromatic nitrogens is 4. The molecule has 0 aliphatic carbocycles. The van der Waals surface area contributed by atoms with Crippen molar-refractivity contribution in [2.45, 2.75) is 31.3 Å². The molecule has 1 aromatic rings. The van der Waals surface area contributed by atoms with Gasteiger partial charge in [0.1, 0.15) is 0 Å². The van der Waals surface area contributed by atoms with Gasteiger partial charge in [-0.1, -0.05) is 5.10 Å². The summed E-state index contributed by atoms with van der Waals surface area (Å²) >= 11 is 0. The van der Waals surface area contributed by atoms with Crippen LogP contribution in [0.5, 0.6) is 0 Å². The first kappa shape index (κ1) is 9.08.